The number of nitrogens with zero attached hydrogens (tertiary/aromatic N) is 2. The number of rotatable bonds is 11. The van der Waals surface area contributed by atoms with Gasteiger partial charge in [0.15, 0.2) is 9.84 Å². The minimum Gasteiger partial charge on any atom is -0.491 e. The van der Waals surface area contributed by atoms with Gasteiger partial charge in [-0.1, -0.05) is 37.6 Å². The lowest BCUT2D eigenvalue weighted by Crippen LogP contribution is -2.28. The molecule has 0 aliphatic heterocycles. The Balaban J connectivity index is 1.75. The van der Waals surface area contributed by atoms with Crippen LogP contribution in [0.2, 0.25) is 5.02 Å². The maximum Gasteiger partial charge on any atom is 0.178 e. The Morgan fingerprint density at radius 2 is 1.97 bits per heavy atom. The number of sulfone groups is 1. The molecule has 2 aromatic carbocycles. The van der Waals surface area contributed by atoms with Gasteiger partial charge in [-0.25, -0.2) is 13.4 Å². The van der Waals surface area contributed by atoms with Crippen molar-refractivity contribution in [3.05, 3.63) is 53.7 Å². The summed E-state index contributed by atoms with van der Waals surface area (Å²) in [6.07, 6.45) is 2.41. The third-order valence-electron chi connectivity index (χ3n) is 6.16. The number of fused-ring (bicyclic) bond motifs is 3. The van der Waals surface area contributed by atoms with Crippen LogP contribution in [-0.2, 0) is 9.84 Å². The first-order valence-corrected chi connectivity index (χ1v) is 13.8. The van der Waals surface area contributed by atoms with E-state index in [0.717, 1.165) is 46.9 Å². The first kappa shape index (κ1) is 25.4. The highest BCUT2D eigenvalue weighted by molar-refractivity contribution is 7.91. The van der Waals surface area contributed by atoms with E-state index in [2.05, 4.69) is 21.8 Å². The van der Waals surface area contributed by atoms with Crippen LogP contribution in [-0.4, -0.2) is 67.0 Å². The maximum absolute atomic E-state index is 12.5. The molecule has 2 heterocycles. The number of nitrogens with one attached hydrogen (secondary N) is 1. The lowest BCUT2D eigenvalue weighted by atomic mass is 9.99. The summed E-state index contributed by atoms with van der Waals surface area (Å²) in [4.78, 5) is 10.3. The first-order valence-electron chi connectivity index (χ1n) is 11.8. The Morgan fingerprint density at radius 1 is 1.14 bits per heavy atom. The minimum atomic E-state index is -3.34. The molecular weight excluding hydrogens is 486 g/mol. The summed E-state index contributed by atoms with van der Waals surface area (Å²) in [7, 11) is -3.34. The lowest BCUT2D eigenvalue weighted by molar-refractivity contribution is 0.189. The summed E-state index contributed by atoms with van der Waals surface area (Å²) in [6, 6.07) is 12.7. The molecule has 186 valence electrons. The average molecular weight is 516 g/mol. The number of halogens is 1. The number of aliphatic hydroxyl groups is 1. The van der Waals surface area contributed by atoms with Gasteiger partial charge in [-0.15, -0.1) is 0 Å². The van der Waals surface area contributed by atoms with Gasteiger partial charge in [0.05, 0.1) is 34.4 Å². The maximum atomic E-state index is 12.5. The van der Waals surface area contributed by atoms with E-state index in [1.165, 1.54) is 0 Å². The van der Waals surface area contributed by atoms with Crippen molar-refractivity contribution in [2.45, 2.75) is 25.2 Å². The van der Waals surface area contributed by atoms with Crippen molar-refractivity contribution in [1.29, 1.82) is 0 Å². The number of H-pyrrole nitrogens is 1. The topological polar surface area (TPSA) is 95.5 Å². The highest BCUT2D eigenvalue weighted by Crippen LogP contribution is 2.40. The lowest BCUT2D eigenvalue weighted by Gasteiger charge is -2.19. The highest BCUT2D eigenvalue weighted by atomic mass is 35.5. The smallest absolute Gasteiger partial charge is 0.178 e. The molecule has 0 saturated heterocycles. The van der Waals surface area contributed by atoms with E-state index >= 15 is 0 Å². The molecule has 0 amide bonds. The Morgan fingerprint density at radius 3 is 2.71 bits per heavy atom. The van der Waals surface area contributed by atoms with Gasteiger partial charge >= 0.3 is 0 Å². The molecule has 0 aliphatic carbocycles. The van der Waals surface area contributed by atoms with E-state index < -0.39 is 9.84 Å². The molecule has 0 unspecified atom stereocenters. The largest absolute Gasteiger partial charge is 0.491 e. The second kappa shape index (κ2) is 11.0. The molecule has 0 atom stereocenters. The van der Waals surface area contributed by atoms with Gasteiger partial charge in [-0.2, -0.15) is 0 Å². The van der Waals surface area contributed by atoms with Gasteiger partial charge in [-0.3, -0.25) is 0 Å². The van der Waals surface area contributed by atoms with E-state index in [-0.39, 0.29) is 12.4 Å². The SMILES string of the molecule is CCN(CCO)CCCOc1ccc(-c2cccc(S(=O)(=O)CC)c2)c2c1[nH]c1ncc(Cl)cc12. The molecule has 7 nitrogen and oxygen atoms in total. The van der Waals surface area contributed by atoms with Crippen molar-refractivity contribution >= 4 is 43.4 Å². The molecule has 0 bridgehead atoms. The fourth-order valence-electron chi connectivity index (χ4n) is 4.26. The number of benzene rings is 2. The van der Waals surface area contributed by atoms with Crippen molar-refractivity contribution in [2.24, 2.45) is 0 Å². The number of pyridine rings is 1. The molecule has 0 fully saturated rings. The van der Waals surface area contributed by atoms with Gasteiger partial charge in [0.2, 0.25) is 0 Å². The number of hydrogen-bond donors (Lipinski definition) is 2. The van der Waals surface area contributed by atoms with Gasteiger partial charge in [-0.05, 0) is 54.4 Å². The zero-order valence-corrected chi connectivity index (χ0v) is 21.5. The minimum absolute atomic E-state index is 0.0407. The number of aromatic amines is 1. The Bertz CT molecular complexity index is 1440. The van der Waals surface area contributed by atoms with Crippen LogP contribution in [0.15, 0.2) is 53.6 Å². The quantitative estimate of drug-likeness (QED) is 0.275. The molecule has 0 saturated carbocycles. The standard InChI is InChI=1S/C26H30ClN3O4S/c1-3-30(12-13-31)11-6-14-34-23-10-9-21(18-7-5-8-20(15-18)35(32,33)4-2)24-22-16-19(27)17-28-26(22)29-25(23)24/h5,7-10,15-17,31H,3-4,6,11-14H2,1-2H3,(H,28,29). The summed E-state index contributed by atoms with van der Waals surface area (Å²) >= 11 is 6.28. The summed E-state index contributed by atoms with van der Waals surface area (Å²) in [5.41, 5.74) is 3.13. The monoisotopic (exact) mass is 515 g/mol. The van der Waals surface area contributed by atoms with Gasteiger partial charge in [0.25, 0.3) is 0 Å². The van der Waals surface area contributed by atoms with Crippen molar-refractivity contribution in [1.82, 2.24) is 14.9 Å². The molecule has 35 heavy (non-hydrogen) atoms. The van der Waals surface area contributed by atoms with E-state index in [1.54, 1.807) is 31.3 Å². The second-order valence-electron chi connectivity index (χ2n) is 8.33. The average Bonchev–Trinajstić information content (AvgIpc) is 3.25. The third kappa shape index (κ3) is 5.46. The number of aromatic nitrogens is 2. The molecule has 0 aliphatic rings. The van der Waals surface area contributed by atoms with Gasteiger partial charge in [0.1, 0.15) is 11.4 Å². The van der Waals surface area contributed by atoms with Gasteiger partial charge < -0.3 is 19.7 Å². The molecular formula is C26H30ClN3O4S. The second-order valence-corrected chi connectivity index (χ2v) is 11.0. The van der Waals surface area contributed by atoms with E-state index in [1.807, 2.05) is 24.3 Å². The van der Waals surface area contributed by atoms with E-state index in [0.29, 0.717) is 34.5 Å². The number of ether oxygens (including phenoxy) is 1. The van der Waals surface area contributed by atoms with E-state index in [4.69, 9.17) is 16.3 Å². The number of aliphatic hydroxyl groups excluding tert-OH is 1. The van der Waals surface area contributed by atoms with E-state index in [9.17, 15) is 13.5 Å². The molecule has 4 rings (SSSR count). The fourth-order valence-corrected chi connectivity index (χ4v) is 5.34. The highest BCUT2D eigenvalue weighted by Gasteiger charge is 2.18. The van der Waals surface area contributed by atoms with Crippen LogP contribution in [0.3, 0.4) is 0 Å². The Hall–Kier alpha value is -2.65. The summed E-state index contributed by atoms with van der Waals surface area (Å²) in [5, 5.41) is 11.4. The van der Waals surface area contributed by atoms with Crippen LogP contribution >= 0.6 is 11.6 Å². The summed E-state index contributed by atoms with van der Waals surface area (Å²) < 4.78 is 31.2. The molecule has 2 N–H and O–H groups in total. The number of likely N-dealkylation sites (N-methyl/N-ethyl adjacent to an activating group) is 1. The van der Waals surface area contributed by atoms with Crippen LogP contribution in [0.4, 0.5) is 0 Å². The fraction of sp³-hybridized carbons (Fsp3) is 0.346. The molecule has 9 heteroatoms. The third-order valence-corrected chi connectivity index (χ3v) is 8.10. The first-order chi connectivity index (χ1) is 16.9. The molecule has 4 aromatic rings. The molecule has 2 aromatic heterocycles. The molecule has 0 radical (unpaired) electrons. The number of hydrogen-bond acceptors (Lipinski definition) is 6. The molecule has 0 spiro atoms. The Kier molecular flexibility index (Phi) is 7.96. The van der Waals surface area contributed by atoms with Crippen LogP contribution in [0.5, 0.6) is 5.75 Å². The normalized spacial score (nSPS) is 12.1. The predicted molar refractivity (Wildman–Crippen MR) is 141 cm³/mol. The zero-order chi connectivity index (χ0) is 25.0. The van der Waals surface area contributed by atoms with Crippen LogP contribution in [0.25, 0.3) is 33.1 Å². The van der Waals surface area contributed by atoms with Crippen LogP contribution < -0.4 is 4.74 Å². The zero-order valence-electron chi connectivity index (χ0n) is 19.9. The summed E-state index contributed by atoms with van der Waals surface area (Å²) in [5.74, 6) is 0.736. The van der Waals surface area contributed by atoms with Gasteiger partial charge in [0, 0.05) is 30.1 Å². The van der Waals surface area contributed by atoms with Crippen molar-refractivity contribution in [3.63, 3.8) is 0 Å². The summed E-state index contributed by atoms with van der Waals surface area (Å²) in [6.45, 7) is 6.73. The van der Waals surface area contributed by atoms with Crippen molar-refractivity contribution in [3.8, 4) is 16.9 Å². The van der Waals surface area contributed by atoms with Crippen LogP contribution in [0.1, 0.15) is 20.3 Å². The van der Waals surface area contributed by atoms with Crippen molar-refractivity contribution in [2.75, 3.05) is 38.6 Å². The van der Waals surface area contributed by atoms with Crippen molar-refractivity contribution < 1.29 is 18.3 Å². The van der Waals surface area contributed by atoms with Crippen LogP contribution in [0, 0.1) is 0 Å². The Labute approximate surface area is 210 Å². The predicted octanol–water partition coefficient (Wildman–Crippen LogP) is 4.91.